The van der Waals surface area contributed by atoms with Crippen LogP contribution in [0.2, 0.25) is 10.2 Å². The van der Waals surface area contributed by atoms with Gasteiger partial charge < -0.3 is 4.74 Å². The Bertz CT molecular complexity index is 650. The second-order valence-electron chi connectivity index (χ2n) is 4.15. The van der Waals surface area contributed by atoms with Gasteiger partial charge in [0.05, 0.1) is 10.7 Å². The highest BCUT2D eigenvalue weighted by molar-refractivity contribution is 6.32. The molecule has 0 amide bonds. The number of hydrogen-bond donors (Lipinski definition) is 0. The summed E-state index contributed by atoms with van der Waals surface area (Å²) >= 11 is 11.8. The Labute approximate surface area is 125 Å². The average molecular weight is 317 g/mol. The van der Waals surface area contributed by atoms with Gasteiger partial charge in [-0.1, -0.05) is 29.3 Å². The molecule has 0 fully saturated rings. The first-order chi connectivity index (χ1) is 9.41. The van der Waals surface area contributed by atoms with Crippen LogP contribution in [0.15, 0.2) is 18.2 Å². The van der Waals surface area contributed by atoms with Crippen molar-refractivity contribution in [1.29, 1.82) is 0 Å². The summed E-state index contributed by atoms with van der Waals surface area (Å²) in [6.07, 6.45) is 0. The highest BCUT2D eigenvalue weighted by atomic mass is 35.5. The number of carbonyl (C=O) groups is 1. The van der Waals surface area contributed by atoms with Crippen LogP contribution in [0.5, 0.6) is 0 Å². The van der Waals surface area contributed by atoms with Crippen molar-refractivity contribution in [3.05, 3.63) is 51.0 Å². The lowest BCUT2D eigenvalue weighted by atomic mass is 10.2. The minimum absolute atomic E-state index is 0.125. The third-order valence-corrected chi connectivity index (χ3v) is 3.55. The molecule has 0 aliphatic rings. The lowest BCUT2D eigenvalue weighted by Gasteiger charge is -2.07. The summed E-state index contributed by atoms with van der Waals surface area (Å²) in [6.45, 7) is 1.37. The van der Waals surface area contributed by atoms with E-state index in [9.17, 15) is 9.18 Å². The average Bonchev–Trinajstić information content (AvgIpc) is 2.62. The molecule has 1 aromatic heterocycles. The van der Waals surface area contributed by atoms with E-state index in [0.717, 1.165) is 0 Å². The number of hydrogen-bond acceptors (Lipinski definition) is 3. The van der Waals surface area contributed by atoms with Crippen LogP contribution in [0.25, 0.3) is 0 Å². The Hall–Kier alpha value is -1.59. The van der Waals surface area contributed by atoms with E-state index in [1.54, 1.807) is 14.0 Å². The minimum Gasteiger partial charge on any atom is -0.457 e. The predicted molar refractivity (Wildman–Crippen MR) is 73.5 cm³/mol. The Morgan fingerprint density at radius 2 is 2.15 bits per heavy atom. The Morgan fingerprint density at radius 3 is 2.70 bits per heavy atom. The number of rotatable bonds is 3. The Balaban J connectivity index is 2.17. The van der Waals surface area contributed by atoms with Crippen LogP contribution in [0.1, 0.15) is 21.6 Å². The van der Waals surface area contributed by atoms with Crippen LogP contribution >= 0.6 is 23.2 Å². The molecule has 0 aliphatic heterocycles. The number of esters is 1. The number of ether oxygens (including phenoxy) is 1. The Kier molecular flexibility index (Phi) is 4.30. The van der Waals surface area contributed by atoms with Crippen molar-refractivity contribution < 1.29 is 13.9 Å². The highest BCUT2D eigenvalue weighted by Gasteiger charge is 2.21. The number of nitrogens with zero attached hydrogens (tertiary/aromatic N) is 2. The molecule has 20 heavy (non-hydrogen) atoms. The summed E-state index contributed by atoms with van der Waals surface area (Å²) in [5, 5.41) is 4.38. The number of aryl methyl sites for hydroxylation is 2. The van der Waals surface area contributed by atoms with Crippen LogP contribution in [0, 0.1) is 12.7 Å². The molecule has 0 radical (unpaired) electrons. The van der Waals surface area contributed by atoms with Gasteiger partial charge in [-0.05, 0) is 19.1 Å². The van der Waals surface area contributed by atoms with Crippen molar-refractivity contribution in [1.82, 2.24) is 9.78 Å². The lowest BCUT2D eigenvalue weighted by Crippen LogP contribution is -2.08. The zero-order valence-electron chi connectivity index (χ0n) is 10.8. The smallest absolute Gasteiger partial charge is 0.343 e. The largest absolute Gasteiger partial charge is 0.457 e. The van der Waals surface area contributed by atoms with E-state index in [1.165, 1.54) is 22.9 Å². The molecule has 0 aliphatic carbocycles. The van der Waals surface area contributed by atoms with Gasteiger partial charge in [-0.2, -0.15) is 5.10 Å². The standard InChI is InChI=1S/C13H11Cl2FN2O2/c1-7-11(12(15)18(2)17-7)13(19)20-6-8-9(14)4-3-5-10(8)16/h3-5H,6H2,1-2H3. The maximum Gasteiger partial charge on any atom is 0.343 e. The molecule has 0 saturated carbocycles. The number of benzene rings is 1. The van der Waals surface area contributed by atoms with Crippen molar-refractivity contribution in [2.45, 2.75) is 13.5 Å². The molecule has 0 spiro atoms. The van der Waals surface area contributed by atoms with E-state index in [1.807, 2.05) is 0 Å². The van der Waals surface area contributed by atoms with Crippen LogP contribution in [-0.2, 0) is 18.4 Å². The van der Waals surface area contributed by atoms with Gasteiger partial charge in [0.2, 0.25) is 0 Å². The van der Waals surface area contributed by atoms with Gasteiger partial charge >= 0.3 is 5.97 Å². The first-order valence-corrected chi connectivity index (χ1v) is 6.46. The first-order valence-electron chi connectivity index (χ1n) is 5.71. The molecule has 0 unspecified atom stereocenters. The van der Waals surface area contributed by atoms with Gasteiger partial charge in [0.1, 0.15) is 23.1 Å². The summed E-state index contributed by atoms with van der Waals surface area (Å²) in [4.78, 5) is 12.0. The maximum absolute atomic E-state index is 13.5. The number of aromatic nitrogens is 2. The molecule has 1 aromatic carbocycles. The van der Waals surface area contributed by atoms with E-state index in [-0.39, 0.29) is 27.9 Å². The topological polar surface area (TPSA) is 44.1 Å². The molecular formula is C13H11Cl2FN2O2. The van der Waals surface area contributed by atoms with Crippen molar-refractivity contribution in [3.63, 3.8) is 0 Å². The second kappa shape index (κ2) is 5.81. The van der Waals surface area contributed by atoms with E-state index in [0.29, 0.717) is 5.69 Å². The monoisotopic (exact) mass is 316 g/mol. The van der Waals surface area contributed by atoms with Gasteiger partial charge in [0.25, 0.3) is 0 Å². The summed E-state index contributed by atoms with van der Waals surface area (Å²) < 4.78 is 20.0. The fourth-order valence-corrected chi connectivity index (χ4v) is 2.21. The van der Waals surface area contributed by atoms with Crippen LogP contribution in [-0.4, -0.2) is 15.7 Å². The van der Waals surface area contributed by atoms with Gasteiger partial charge in [-0.25, -0.2) is 9.18 Å². The molecule has 7 heteroatoms. The van der Waals surface area contributed by atoms with E-state index < -0.39 is 11.8 Å². The minimum atomic E-state index is -0.667. The van der Waals surface area contributed by atoms with Crippen molar-refractivity contribution in [2.24, 2.45) is 7.05 Å². The Morgan fingerprint density at radius 1 is 1.45 bits per heavy atom. The molecule has 1 heterocycles. The first kappa shape index (κ1) is 14.8. The summed E-state index contributed by atoms with van der Waals surface area (Å²) in [6, 6.07) is 4.25. The van der Waals surface area contributed by atoms with Gasteiger partial charge in [-0.15, -0.1) is 0 Å². The molecule has 4 nitrogen and oxygen atoms in total. The summed E-state index contributed by atoms with van der Waals surface area (Å²) in [5.74, 6) is -1.20. The fraction of sp³-hybridized carbons (Fsp3) is 0.231. The quantitative estimate of drug-likeness (QED) is 0.814. The maximum atomic E-state index is 13.5. The van der Waals surface area contributed by atoms with Gasteiger partial charge in [0, 0.05) is 12.6 Å². The highest BCUT2D eigenvalue weighted by Crippen LogP contribution is 2.23. The predicted octanol–water partition coefficient (Wildman–Crippen LogP) is 3.53. The molecule has 0 bridgehead atoms. The molecule has 0 N–H and O–H groups in total. The molecule has 2 rings (SSSR count). The molecule has 106 valence electrons. The lowest BCUT2D eigenvalue weighted by molar-refractivity contribution is 0.0468. The zero-order valence-corrected chi connectivity index (χ0v) is 12.3. The van der Waals surface area contributed by atoms with Crippen molar-refractivity contribution in [2.75, 3.05) is 0 Å². The van der Waals surface area contributed by atoms with Gasteiger partial charge in [0.15, 0.2) is 0 Å². The molecular weight excluding hydrogens is 306 g/mol. The number of halogens is 3. The van der Waals surface area contributed by atoms with Crippen molar-refractivity contribution in [3.8, 4) is 0 Å². The summed E-state index contributed by atoms with van der Waals surface area (Å²) in [5.41, 5.74) is 0.740. The van der Waals surface area contributed by atoms with Gasteiger partial charge in [-0.3, -0.25) is 4.68 Å². The third-order valence-electron chi connectivity index (χ3n) is 2.77. The van der Waals surface area contributed by atoms with Crippen LogP contribution in [0.3, 0.4) is 0 Å². The zero-order chi connectivity index (χ0) is 14.9. The second-order valence-corrected chi connectivity index (χ2v) is 4.92. The molecule has 0 atom stereocenters. The SMILES string of the molecule is Cc1nn(C)c(Cl)c1C(=O)OCc1c(F)cccc1Cl. The number of carbonyl (C=O) groups excluding carboxylic acids is 1. The van der Waals surface area contributed by atoms with Crippen LogP contribution in [0.4, 0.5) is 4.39 Å². The molecule has 0 saturated heterocycles. The van der Waals surface area contributed by atoms with E-state index in [4.69, 9.17) is 27.9 Å². The summed E-state index contributed by atoms with van der Waals surface area (Å²) in [7, 11) is 1.61. The van der Waals surface area contributed by atoms with Crippen molar-refractivity contribution >= 4 is 29.2 Å². The van der Waals surface area contributed by atoms with E-state index >= 15 is 0 Å². The fourth-order valence-electron chi connectivity index (χ4n) is 1.74. The third kappa shape index (κ3) is 2.78. The normalized spacial score (nSPS) is 10.7. The van der Waals surface area contributed by atoms with E-state index in [2.05, 4.69) is 5.10 Å². The molecule has 2 aromatic rings. The van der Waals surface area contributed by atoms with Crippen LogP contribution < -0.4 is 0 Å².